The van der Waals surface area contributed by atoms with Crippen molar-refractivity contribution in [3.63, 3.8) is 0 Å². The van der Waals surface area contributed by atoms with Crippen LogP contribution in [0.2, 0.25) is 0 Å². The molecule has 0 aliphatic heterocycles. The van der Waals surface area contributed by atoms with Crippen molar-refractivity contribution >= 4 is 17.4 Å². The lowest BCUT2D eigenvalue weighted by molar-refractivity contribution is 0.404. The second-order valence-electron chi connectivity index (χ2n) is 6.36. The van der Waals surface area contributed by atoms with Crippen molar-refractivity contribution in [3.8, 4) is 5.75 Å². The van der Waals surface area contributed by atoms with Gasteiger partial charge in [0.15, 0.2) is 0 Å². The Bertz CT molecular complexity index is 691. The molecule has 0 atom stereocenters. The first-order chi connectivity index (χ1) is 11.6. The Morgan fingerprint density at radius 1 is 1.25 bits per heavy atom. The van der Waals surface area contributed by atoms with Crippen LogP contribution in [0.5, 0.6) is 5.75 Å². The van der Waals surface area contributed by atoms with E-state index in [1.54, 1.807) is 12.1 Å². The Labute approximate surface area is 149 Å². The van der Waals surface area contributed by atoms with E-state index in [1.807, 2.05) is 18.8 Å². The van der Waals surface area contributed by atoms with Crippen molar-refractivity contribution in [2.24, 2.45) is 5.84 Å². The Morgan fingerprint density at radius 3 is 2.67 bits per heavy atom. The molecule has 2 aromatic carbocycles. The van der Waals surface area contributed by atoms with Crippen LogP contribution >= 0.6 is 11.8 Å². The first kappa shape index (κ1) is 17.2. The topological polar surface area (TPSA) is 38.5 Å². The lowest BCUT2D eigenvalue weighted by atomic mass is 10.0. The number of anilines is 1. The molecule has 2 N–H and O–H groups in total. The average Bonchev–Trinajstić information content (AvgIpc) is 3.44. The van der Waals surface area contributed by atoms with Gasteiger partial charge in [-0.2, -0.15) is 0 Å². The molecule has 4 heteroatoms. The lowest BCUT2D eigenvalue weighted by Gasteiger charge is -2.20. The second-order valence-corrected chi connectivity index (χ2v) is 7.37. The summed E-state index contributed by atoms with van der Waals surface area (Å²) in [5.41, 5.74) is 5.28. The largest absolute Gasteiger partial charge is 0.496 e. The fraction of sp³-hybridized carbons (Fsp3) is 0.400. The van der Waals surface area contributed by atoms with E-state index in [0.717, 1.165) is 23.6 Å². The molecule has 1 aliphatic carbocycles. The van der Waals surface area contributed by atoms with Gasteiger partial charge < -0.3 is 9.75 Å². The van der Waals surface area contributed by atoms with Gasteiger partial charge in [-0.05, 0) is 60.1 Å². The van der Waals surface area contributed by atoms with Gasteiger partial charge in [0.1, 0.15) is 5.75 Å². The molecule has 0 spiro atoms. The lowest BCUT2D eigenvalue weighted by Crippen LogP contribution is -2.26. The Morgan fingerprint density at radius 2 is 2.04 bits per heavy atom. The van der Waals surface area contributed by atoms with Gasteiger partial charge in [-0.15, -0.1) is 11.8 Å². The number of hydrazine groups is 1. The van der Waals surface area contributed by atoms with Crippen LogP contribution in [0, 0.1) is 0 Å². The van der Waals surface area contributed by atoms with Crippen molar-refractivity contribution < 1.29 is 4.74 Å². The zero-order chi connectivity index (χ0) is 17.1. The molecule has 0 saturated heterocycles. The SMILES string of the molecule is CCc1ccc(OC)c(SCc2c(C3CC3)cccc2N(C)N)c1. The molecule has 128 valence electrons. The van der Waals surface area contributed by atoms with E-state index in [4.69, 9.17) is 10.6 Å². The molecule has 2 aromatic rings. The predicted octanol–water partition coefficient (Wildman–Crippen LogP) is 4.74. The Kier molecular flexibility index (Phi) is 5.36. The molecule has 0 aromatic heterocycles. The maximum atomic E-state index is 6.07. The quantitative estimate of drug-likeness (QED) is 0.448. The number of benzene rings is 2. The third-order valence-corrected chi connectivity index (χ3v) is 5.66. The van der Waals surface area contributed by atoms with Crippen molar-refractivity contribution in [3.05, 3.63) is 53.1 Å². The molecule has 1 saturated carbocycles. The van der Waals surface area contributed by atoms with Crippen LogP contribution in [0.25, 0.3) is 0 Å². The maximum absolute atomic E-state index is 6.07. The van der Waals surface area contributed by atoms with E-state index in [9.17, 15) is 0 Å². The van der Waals surface area contributed by atoms with E-state index in [-0.39, 0.29) is 0 Å². The number of ether oxygens (including phenoxy) is 1. The number of aryl methyl sites for hydroxylation is 1. The highest BCUT2D eigenvalue weighted by molar-refractivity contribution is 7.98. The number of methoxy groups -OCH3 is 1. The maximum Gasteiger partial charge on any atom is 0.132 e. The van der Waals surface area contributed by atoms with Gasteiger partial charge in [0.05, 0.1) is 12.8 Å². The van der Waals surface area contributed by atoms with E-state index < -0.39 is 0 Å². The molecule has 0 heterocycles. The molecule has 0 amide bonds. The Balaban J connectivity index is 1.89. The summed E-state index contributed by atoms with van der Waals surface area (Å²) in [7, 11) is 3.65. The van der Waals surface area contributed by atoms with Gasteiger partial charge in [-0.3, -0.25) is 0 Å². The van der Waals surface area contributed by atoms with Crippen LogP contribution in [-0.2, 0) is 12.2 Å². The number of nitrogens with zero attached hydrogens (tertiary/aromatic N) is 1. The highest BCUT2D eigenvalue weighted by Gasteiger charge is 2.27. The first-order valence-corrected chi connectivity index (χ1v) is 9.52. The average molecular weight is 343 g/mol. The highest BCUT2D eigenvalue weighted by atomic mass is 32.2. The number of thioether (sulfide) groups is 1. The third-order valence-electron chi connectivity index (χ3n) is 4.59. The molecule has 24 heavy (non-hydrogen) atoms. The second kappa shape index (κ2) is 7.49. The van der Waals surface area contributed by atoms with Crippen molar-refractivity contribution in [1.29, 1.82) is 0 Å². The molecular weight excluding hydrogens is 316 g/mol. The first-order valence-electron chi connectivity index (χ1n) is 8.54. The molecule has 1 aliphatic rings. The summed E-state index contributed by atoms with van der Waals surface area (Å²) < 4.78 is 5.55. The van der Waals surface area contributed by atoms with E-state index in [0.29, 0.717) is 5.92 Å². The van der Waals surface area contributed by atoms with Gasteiger partial charge in [0, 0.05) is 17.7 Å². The van der Waals surface area contributed by atoms with E-state index in [1.165, 1.54) is 34.4 Å². The molecule has 0 radical (unpaired) electrons. The summed E-state index contributed by atoms with van der Waals surface area (Å²) in [6, 6.07) is 13.0. The predicted molar refractivity (Wildman–Crippen MR) is 103 cm³/mol. The normalized spacial score (nSPS) is 13.8. The summed E-state index contributed by atoms with van der Waals surface area (Å²) in [5.74, 6) is 8.64. The fourth-order valence-corrected chi connectivity index (χ4v) is 4.20. The summed E-state index contributed by atoms with van der Waals surface area (Å²) in [6.45, 7) is 2.18. The summed E-state index contributed by atoms with van der Waals surface area (Å²) in [6.07, 6.45) is 3.63. The third kappa shape index (κ3) is 3.70. The van der Waals surface area contributed by atoms with E-state index >= 15 is 0 Å². The van der Waals surface area contributed by atoms with Crippen LogP contribution in [0.15, 0.2) is 41.3 Å². The van der Waals surface area contributed by atoms with E-state index in [2.05, 4.69) is 43.3 Å². The molecule has 0 unspecified atom stereocenters. The van der Waals surface area contributed by atoms with Crippen LogP contribution in [-0.4, -0.2) is 14.2 Å². The smallest absolute Gasteiger partial charge is 0.132 e. The van der Waals surface area contributed by atoms with Gasteiger partial charge in [0.2, 0.25) is 0 Å². The molecule has 1 fully saturated rings. The highest BCUT2D eigenvalue weighted by Crippen LogP contribution is 2.45. The zero-order valence-corrected chi connectivity index (χ0v) is 15.5. The van der Waals surface area contributed by atoms with Crippen LogP contribution in [0.4, 0.5) is 5.69 Å². The van der Waals surface area contributed by atoms with Crippen LogP contribution in [0.3, 0.4) is 0 Å². The number of rotatable bonds is 7. The molecular formula is C20H26N2OS. The van der Waals surface area contributed by atoms with Gasteiger partial charge in [-0.1, -0.05) is 25.1 Å². The minimum atomic E-state index is 0.712. The minimum Gasteiger partial charge on any atom is -0.496 e. The van der Waals surface area contributed by atoms with Gasteiger partial charge in [0.25, 0.3) is 0 Å². The molecule has 3 rings (SSSR count). The Hall–Kier alpha value is -1.65. The molecule has 0 bridgehead atoms. The fourth-order valence-electron chi connectivity index (χ4n) is 3.06. The minimum absolute atomic E-state index is 0.712. The van der Waals surface area contributed by atoms with Gasteiger partial charge >= 0.3 is 0 Å². The zero-order valence-electron chi connectivity index (χ0n) is 14.7. The number of nitrogens with two attached hydrogens (primary N) is 1. The number of hydrogen-bond donors (Lipinski definition) is 1. The van der Waals surface area contributed by atoms with Crippen molar-refractivity contribution in [2.75, 3.05) is 19.2 Å². The van der Waals surface area contributed by atoms with Crippen LogP contribution in [0.1, 0.15) is 42.4 Å². The van der Waals surface area contributed by atoms with Gasteiger partial charge in [-0.25, -0.2) is 5.84 Å². The summed E-state index contributed by atoms with van der Waals surface area (Å²) >= 11 is 1.84. The van der Waals surface area contributed by atoms with Crippen LogP contribution < -0.4 is 15.6 Å². The monoisotopic (exact) mass is 342 g/mol. The number of hydrogen-bond acceptors (Lipinski definition) is 4. The van der Waals surface area contributed by atoms with Crippen molar-refractivity contribution in [1.82, 2.24) is 0 Å². The summed E-state index contributed by atoms with van der Waals surface area (Å²) in [4.78, 5) is 1.20. The molecule has 3 nitrogen and oxygen atoms in total. The standard InChI is InChI=1S/C20H26N2OS/c1-4-14-8-11-19(23-3)20(12-14)24-13-17-16(15-9-10-15)6-5-7-18(17)22(2)21/h5-8,11-12,15H,4,9-10,13,21H2,1-3H3. The van der Waals surface area contributed by atoms with Crippen molar-refractivity contribution in [2.45, 2.75) is 42.8 Å². The summed E-state index contributed by atoms with van der Waals surface area (Å²) in [5, 5.41) is 1.74.